The summed E-state index contributed by atoms with van der Waals surface area (Å²) in [5.41, 5.74) is 0.337. The number of nitrogens with one attached hydrogen (secondary N) is 1. The zero-order valence-corrected chi connectivity index (χ0v) is 6.22. The van der Waals surface area contributed by atoms with Crippen LogP contribution in [-0.2, 0) is 11.3 Å². The Bertz CT molecular complexity index is 334. The Hall–Kier alpha value is -1.31. The minimum atomic E-state index is -1.88. The number of rotatable bonds is 2. The molecule has 58 valence electrons. The highest BCUT2D eigenvalue weighted by atomic mass is 16.1. The van der Waals surface area contributed by atoms with Crippen molar-refractivity contribution in [2.75, 3.05) is 0 Å². The lowest BCUT2D eigenvalue weighted by Crippen LogP contribution is -2.18. The highest BCUT2D eigenvalue weighted by Crippen LogP contribution is 1.96. The van der Waals surface area contributed by atoms with Gasteiger partial charge in [-0.05, 0) is 5.56 Å². The van der Waals surface area contributed by atoms with Gasteiger partial charge in [0.1, 0.15) is 0 Å². The van der Waals surface area contributed by atoms with Crippen molar-refractivity contribution >= 4 is 5.91 Å². The summed E-state index contributed by atoms with van der Waals surface area (Å²) >= 11 is 0. The van der Waals surface area contributed by atoms with Crippen molar-refractivity contribution in [3.05, 3.63) is 35.9 Å². The van der Waals surface area contributed by atoms with Crippen LogP contribution in [0.2, 0.25) is 0 Å². The van der Waals surface area contributed by atoms with E-state index in [1.165, 1.54) is 31.2 Å². The first-order chi connectivity index (χ1) is 6.42. The van der Waals surface area contributed by atoms with Gasteiger partial charge in [0.05, 0.1) is 4.11 Å². The second-order valence-electron chi connectivity index (χ2n) is 2.09. The molecule has 2 heteroatoms. The minimum absolute atomic E-state index is 0.312. The van der Waals surface area contributed by atoms with Gasteiger partial charge in [0.25, 0.3) is 0 Å². The van der Waals surface area contributed by atoms with Crippen LogP contribution >= 0.6 is 0 Å². The number of benzene rings is 1. The molecule has 0 radical (unpaired) electrons. The molecule has 11 heavy (non-hydrogen) atoms. The van der Waals surface area contributed by atoms with E-state index < -0.39 is 12.4 Å². The molecule has 0 saturated carbocycles. The zero-order valence-electron chi connectivity index (χ0n) is 9.22. The molecule has 0 aliphatic rings. The summed E-state index contributed by atoms with van der Waals surface area (Å²) in [6, 6.07) is 6.24. The largest absolute Gasteiger partial charge is 0.352 e. The van der Waals surface area contributed by atoms with E-state index in [-0.39, 0.29) is 0 Å². The lowest BCUT2D eigenvalue weighted by atomic mass is 10.2. The maximum absolute atomic E-state index is 10.7. The topological polar surface area (TPSA) is 29.1 Å². The maximum Gasteiger partial charge on any atom is 0.217 e. The van der Waals surface area contributed by atoms with Gasteiger partial charge in [-0.3, -0.25) is 4.79 Å². The number of carbonyl (C=O) groups is 1. The lowest BCUT2D eigenvalue weighted by molar-refractivity contribution is -0.119. The molecule has 1 rings (SSSR count). The molecule has 0 bridgehead atoms. The minimum Gasteiger partial charge on any atom is -0.352 e. The summed E-state index contributed by atoms with van der Waals surface area (Å²) in [5, 5.41) is 2.19. The van der Waals surface area contributed by atoms with Gasteiger partial charge in [-0.2, -0.15) is 0 Å². The Labute approximate surface area is 70.5 Å². The molecular weight excluding hydrogens is 138 g/mol. The molecule has 0 spiro atoms. The Kier molecular flexibility index (Phi) is 1.55. The van der Waals surface area contributed by atoms with Gasteiger partial charge in [-0.1, -0.05) is 30.3 Å². The molecule has 0 heterocycles. The van der Waals surface area contributed by atoms with Crippen LogP contribution in [0.25, 0.3) is 0 Å². The summed E-state index contributed by atoms with van der Waals surface area (Å²) in [6.07, 6.45) is 0. The predicted molar refractivity (Wildman–Crippen MR) is 44.0 cm³/mol. The molecular formula is C9H11NO. The van der Waals surface area contributed by atoms with Gasteiger partial charge >= 0.3 is 0 Å². The molecule has 0 aliphatic heterocycles. The fourth-order valence-electron chi connectivity index (χ4n) is 0.630. The van der Waals surface area contributed by atoms with Crippen molar-refractivity contribution in [1.82, 2.24) is 5.32 Å². The van der Waals surface area contributed by atoms with Crippen LogP contribution in [0.5, 0.6) is 0 Å². The highest BCUT2D eigenvalue weighted by Gasteiger charge is 1.91. The van der Waals surface area contributed by atoms with E-state index in [1.807, 2.05) is 0 Å². The number of hydrogen-bond donors (Lipinski definition) is 1. The van der Waals surface area contributed by atoms with Crippen LogP contribution in [0, 0.1) is 0 Å². The summed E-state index contributed by atoms with van der Waals surface area (Å²) < 4.78 is 22.3. The standard InChI is InChI=1S/C9H11NO/c1-8(11)10-7-9-5-3-2-4-6-9/h2-6H,7H2,1H3,(H,10,11)/i2D,7D2. The molecule has 2 nitrogen and oxygen atoms in total. The van der Waals surface area contributed by atoms with Crippen molar-refractivity contribution < 1.29 is 8.91 Å². The normalized spacial score (nSPS) is 14.5. The zero-order chi connectivity index (χ0) is 10.8. The van der Waals surface area contributed by atoms with E-state index in [9.17, 15) is 4.79 Å². The monoisotopic (exact) mass is 152 g/mol. The number of amides is 1. The molecule has 1 N–H and O–H groups in total. The van der Waals surface area contributed by atoms with E-state index in [2.05, 4.69) is 5.32 Å². The van der Waals surface area contributed by atoms with Crippen LogP contribution in [0.1, 0.15) is 16.6 Å². The molecule has 1 aromatic carbocycles. The van der Waals surface area contributed by atoms with Gasteiger partial charge in [-0.25, -0.2) is 0 Å². The second-order valence-corrected chi connectivity index (χ2v) is 2.09. The molecule has 0 atom stereocenters. The van der Waals surface area contributed by atoms with E-state index in [0.29, 0.717) is 11.6 Å². The van der Waals surface area contributed by atoms with Crippen LogP contribution < -0.4 is 5.32 Å². The number of hydrogen-bond acceptors (Lipinski definition) is 1. The van der Waals surface area contributed by atoms with Gasteiger partial charge in [-0.15, -0.1) is 0 Å². The summed E-state index contributed by atoms with van der Waals surface area (Å²) in [5.74, 6) is -0.426. The second kappa shape index (κ2) is 3.76. The fraction of sp³-hybridized carbons (Fsp3) is 0.222. The van der Waals surface area contributed by atoms with E-state index >= 15 is 0 Å². The molecule has 0 aliphatic carbocycles. The first-order valence-corrected chi connectivity index (χ1v) is 3.28. The average molecular weight is 152 g/mol. The van der Waals surface area contributed by atoms with Crippen LogP contribution in [0.3, 0.4) is 0 Å². The Morgan fingerprint density at radius 3 is 2.91 bits per heavy atom. The fourth-order valence-corrected chi connectivity index (χ4v) is 0.630. The summed E-state index contributed by atoms with van der Waals surface area (Å²) in [7, 11) is 0. The third-order valence-corrected chi connectivity index (χ3v) is 1.10. The van der Waals surface area contributed by atoms with E-state index in [4.69, 9.17) is 4.11 Å². The first-order valence-electron chi connectivity index (χ1n) is 4.78. The predicted octanol–water partition coefficient (Wildman–Crippen LogP) is 1.32. The van der Waals surface area contributed by atoms with Crippen molar-refractivity contribution in [2.45, 2.75) is 13.4 Å². The average Bonchev–Trinajstić information content (AvgIpc) is 2.02. The Balaban J connectivity index is 2.91. The van der Waals surface area contributed by atoms with Gasteiger partial charge in [0.15, 0.2) is 0 Å². The van der Waals surface area contributed by atoms with Gasteiger partial charge in [0, 0.05) is 13.4 Å². The van der Waals surface area contributed by atoms with Crippen molar-refractivity contribution in [3.63, 3.8) is 0 Å². The third-order valence-electron chi connectivity index (χ3n) is 1.10. The SMILES string of the molecule is [2H]c1ccc(C([2H])([2H])NC(C)=O)cc1. The Morgan fingerprint density at radius 2 is 2.36 bits per heavy atom. The summed E-state index contributed by atoms with van der Waals surface area (Å²) in [4.78, 5) is 10.7. The third kappa shape index (κ3) is 2.85. The molecule has 0 aromatic heterocycles. The molecule has 1 aromatic rings. The van der Waals surface area contributed by atoms with E-state index in [1.54, 1.807) is 0 Å². The quantitative estimate of drug-likeness (QED) is 0.680. The van der Waals surface area contributed by atoms with Crippen LogP contribution in [0.15, 0.2) is 30.3 Å². The molecule has 0 fully saturated rings. The molecule has 1 amide bonds. The van der Waals surface area contributed by atoms with Crippen molar-refractivity contribution in [1.29, 1.82) is 0 Å². The van der Waals surface area contributed by atoms with E-state index in [0.717, 1.165) is 0 Å². The summed E-state index contributed by atoms with van der Waals surface area (Å²) in [6.45, 7) is -0.615. The maximum atomic E-state index is 10.7. The van der Waals surface area contributed by atoms with Crippen molar-refractivity contribution in [2.24, 2.45) is 0 Å². The van der Waals surface area contributed by atoms with Gasteiger partial charge in [0.2, 0.25) is 5.91 Å². The molecule has 0 unspecified atom stereocenters. The van der Waals surface area contributed by atoms with Crippen molar-refractivity contribution in [3.8, 4) is 0 Å². The highest BCUT2D eigenvalue weighted by molar-refractivity contribution is 5.72. The number of carbonyl (C=O) groups excluding carboxylic acids is 1. The molecule has 0 saturated heterocycles. The smallest absolute Gasteiger partial charge is 0.217 e. The van der Waals surface area contributed by atoms with Crippen LogP contribution in [0.4, 0.5) is 0 Å². The lowest BCUT2D eigenvalue weighted by Gasteiger charge is -2.00. The van der Waals surface area contributed by atoms with Gasteiger partial charge < -0.3 is 5.32 Å². The first kappa shape index (κ1) is 4.54. The Morgan fingerprint density at radius 1 is 1.73 bits per heavy atom. The van der Waals surface area contributed by atoms with Crippen LogP contribution in [-0.4, -0.2) is 5.91 Å².